The first-order valence-corrected chi connectivity index (χ1v) is 8.95. The summed E-state index contributed by atoms with van der Waals surface area (Å²) in [6.07, 6.45) is 4.21. The Morgan fingerprint density at radius 2 is 2.29 bits per heavy atom. The average Bonchev–Trinajstić information content (AvgIpc) is 3.28. The molecule has 1 aromatic carbocycles. The predicted octanol–water partition coefficient (Wildman–Crippen LogP) is 4.47. The highest BCUT2D eigenvalue weighted by Crippen LogP contribution is 2.35. The lowest BCUT2D eigenvalue weighted by Gasteiger charge is -2.22. The van der Waals surface area contributed by atoms with Crippen LogP contribution >= 0.6 is 15.9 Å². The van der Waals surface area contributed by atoms with Crippen LogP contribution in [-0.4, -0.2) is 26.8 Å². The van der Waals surface area contributed by atoms with E-state index in [1.807, 2.05) is 31.3 Å². The van der Waals surface area contributed by atoms with Crippen LogP contribution in [0.1, 0.15) is 35.9 Å². The number of nitrogens with one attached hydrogen (secondary N) is 1. The van der Waals surface area contributed by atoms with E-state index in [1.54, 1.807) is 0 Å². The summed E-state index contributed by atoms with van der Waals surface area (Å²) in [5, 5.41) is 11.5. The summed E-state index contributed by atoms with van der Waals surface area (Å²) >= 11 is 3.54. The molecule has 1 aliphatic heterocycles. The van der Waals surface area contributed by atoms with Gasteiger partial charge in [-0.25, -0.2) is 0 Å². The number of H-pyrrole nitrogens is 1. The summed E-state index contributed by atoms with van der Waals surface area (Å²) in [6.45, 7) is 3.88. The third-order valence-corrected chi connectivity index (χ3v) is 5.04. The maximum atomic E-state index is 5.51. The number of hydrogen-bond acceptors (Lipinski definition) is 4. The van der Waals surface area contributed by atoms with Gasteiger partial charge in [0.15, 0.2) is 5.76 Å². The van der Waals surface area contributed by atoms with Crippen molar-refractivity contribution in [2.24, 2.45) is 0 Å². The highest BCUT2D eigenvalue weighted by molar-refractivity contribution is 9.10. The van der Waals surface area contributed by atoms with E-state index in [0.717, 1.165) is 46.7 Å². The second kappa shape index (κ2) is 6.53. The lowest BCUT2D eigenvalue weighted by molar-refractivity contribution is 0.207. The molecule has 6 heteroatoms. The molecule has 1 fully saturated rings. The quantitative estimate of drug-likeness (QED) is 0.718. The predicted molar refractivity (Wildman–Crippen MR) is 95.3 cm³/mol. The molecule has 0 saturated carbocycles. The molecule has 0 aliphatic carbocycles. The number of halogens is 1. The minimum atomic E-state index is 0.302. The summed E-state index contributed by atoms with van der Waals surface area (Å²) < 4.78 is 6.57. The molecule has 1 aliphatic rings. The minimum Gasteiger partial charge on any atom is -0.359 e. The summed E-state index contributed by atoms with van der Waals surface area (Å²) in [6, 6.07) is 10.6. The summed E-state index contributed by atoms with van der Waals surface area (Å²) in [7, 11) is 0. The number of benzene rings is 1. The van der Waals surface area contributed by atoms with Crippen LogP contribution in [0.25, 0.3) is 11.3 Å². The van der Waals surface area contributed by atoms with E-state index in [0.29, 0.717) is 6.04 Å². The van der Waals surface area contributed by atoms with Gasteiger partial charge in [-0.15, -0.1) is 0 Å². The highest BCUT2D eigenvalue weighted by Gasteiger charge is 2.29. The molecule has 0 spiro atoms. The zero-order valence-electron chi connectivity index (χ0n) is 13.5. The third kappa shape index (κ3) is 3.03. The molecule has 3 aromatic rings. The molecule has 1 N–H and O–H groups in total. The average molecular weight is 387 g/mol. The first-order chi connectivity index (χ1) is 11.7. The Kier molecular flexibility index (Phi) is 4.24. The molecule has 1 atom stereocenters. The highest BCUT2D eigenvalue weighted by atomic mass is 79.9. The molecule has 0 radical (unpaired) electrons. The van der Waals surface area contributed by atoms with E-state index in [2.05, 4.69) is 48.3 Å². The van der Waals surface area contributed by atoms with Crippen molar-refractivity contribution in [2.45, 2.75) is 32.4 Å². The summed E-state index contributed by atoms with van der Waals surface area (Å²) in [5.74, 6) is 0.970. The first-order valence-electron chi connectivity index (χ1n) is 8.16. The SMILES string of the molecule is Cc1cc([C@@H]2CCCN2Cc2cn[nH]c2-c2cccc(Br)c2)on1. The van der Waals surface area contributed by atoms with E-state index in [4.69, 9.17) is 4.52 Å². The Morgan fingerprint density at radius 3 is 3.08 bits per heavy atom. The number of aromatic nitrogens is 3. The molecule has 5 nitrogen and oxygen atoms in total. The lowest BCUT2D eigenvalue weighted by atomic mass is 10.1. The fraction of sp³-hybridized carbons (Fsp3) is 0.333. The minimum absolute atomic E-state index is 0.302. The first kappa shape index (κ1) is 15.6. The molecule has 3 heterocycles. The van der Waals surface area contributed by atoms with Crippen LogP contribution in [0.4, 0.5) is 0 Å². The van der Waals surface area contributed by atoms with Crippen molar-refractivity contribution in [3.8, 4) is 11.3 Å². The summed E-state index contributed by atoms with van der Waals surface area (Å²) in [5.41, 5.74) is 4.37. The van der Waals surface area contributed by atoms with Gasteiger partial charge < -0.3 is 4.52 Å². The number of nitrogens with zero attached hydrogens (tertiary/aromatic N) is 3. The molecular weight excluding hydrogens is 368 g/mol. The van der Waals surface area contributed by atoms with Gasteiger partial charge in [0.25, 0.3) is 0 Å². The van der Waals surface area contributed by atoms with Gasteiger partial charge in [0.2, 0.25) is 0 Å². The van der Waals surface area contributed by atoms with E-state index < -0.39 is 0 Å². The number of aromatic amines is 1. The van der Waals surface area contributed by atoms with Crippen LogP contribution in [0.15, 0.2) is 45.5 Å². The van der Waals surface area contributed by atoms with Crippen molar-refractivity contribution in [1.82, 2.24) is 20.3 Å². The molecule has 124 valence electrons. The van der Waals surface area contributed by atoms with Gasteiger partial charge in [0.1, 0.15) is 0 Å². The Labute approximate surface area is 149 Å². The van der Waals surface area contributed by atoms with E-state index in [9.17, 15) is 0 Å². The number of aryl methyl sites for hydroxylation is 1. The Hall–Kier alpha value is -1.92. The van der Waals surface area contributed by atoms with Crippen molar-refractivity contribution in [2.75, 3.05) is 6.54 Å². The Bertz CT molecular complexity index is 841. The van der Waals surface area contributed by atoms with Crippen molar-refractivity contribution < 1.29 is 4.52 Å². The maximum Gasteiger partial charge on any atom is 0.154 e. The van der Waals surface area contributed by atoms with Gasteiger partial charge >= 0.3 is 0 Å². The zero-order chi connectivity index (χ0) is 16.5. The molecule has 1 saturated heterocycles. The lowest BCUT2D eigenvalue weighted by Crippen LogP contribution is -2.22. The fourth-order valence-electron chi connectivity index (χ4n) is 3.42. The molecular formula is C18H19BrN4O. The van der Waals surface area contributed by atoms with Crippen LogP contribution in [0, 0.1) is 6.92 Å². The fourth-order valence-corrected chi connectivity index (χ4v) is 3.82. The van der Waals surface area contributed by atoms with E-state index in [1.165, 1.54) is 12.0 Å². The topological polar surface area (TPSA) is 58.0 Å². The summed E-state index contributed by atoms with van der Waals surface area (Å²) in [4.78, 5) is 2.45. The zero-order valence-corrected chi connectivity index (χ0v) is 15.1. The second-order valence-electron chi connectivity index (χ2n) is 6.28. The van der Waals surface area contributed by atoms with Gasteiger partial charge in [-0.3, -0.25) is 10.00 Å². The van der Waals surface area contributed by atoms with Crippen molar-refractivity contribution >= 4 is 15.9 Å². The molecule has 0 unspecified atom stereocenters. The molecule has 4 rings (SSSR count). The molecule has 0 amide bonds. The standard InChI is InChI=1S/C18H19BrN4O/c1-12-8-17(24-22-12)16-6-3-7-23(16)11-14-10-20-21-18(14)13-4-2-5-15(19)9-13/h2,4-5,8-10,16H,3,6-7,11H2,1H3,(H,20,21)/t16-/m0/s1. The maximum absolute atomic E-state index is 5.51. The van der Waals surface area contributed by atoms with Gasteiger partial charge in [-0.2, -0.15) is 5.10 Å². The largest absolute Gasteiger partial charge is 0.359 e. The smallest absolute Gasteiger partial charge is 0.154 e. The van der Waals surface area contributed by atoms with Gasteiger partial charge in [0.05, 0.1) is 23.6 Å². The number of hydrogen-bond donors (Lipinski definition) is 1. The number of likely N-dealkylation sites (tertiary alicyclic amines) is 1. The van der Waals surface area contributed by atoms with Crippen molar-refractivity contribution in [1.29, 1.82) is 0 Å². The monoisotopic (exact) mass is 386 g/mol. The second-order valence-corrected chi connectivity index (χ2v) is 7.20. The van der Waals surface area contributed by atoms with Crippen LogP contribution in [0.3, 0.4) is 0 Å². The van der Waals surface area contributed by atoms with Crippen LogP contribution < -0.4 is 0 Å². The molecule has 2 aromatic heterocycles. The van der Waals surface area contributed by atoms with Crippen molar-refractivity contribution in [3.05, 3.63) is 58.0 Å². The molecule has 24 heavy (non-hydrogen) atoms. The van der Waals surface area contributed by atoms with E-state index in [-0.39, 0.29) is 0 Å². The van der Waals surface area contributed by atoms with E-state index >= 15 is 0 Å². The van der Waals surface area contributed by atoms with Gasteiger partial charge in [-0.05, 0) is 38.4 Å². The molecule has 0 bridgehead atoms. The van der Waals surface area contributed by atoms with Crippen molar-refractivity contribution in [3.63, 3.8) is 0 Å². The van der Waals surface area contributed by atoms with Gasteiger partial charge in [-0.1, -0.05) is 33.2 Å². The van der Waals surface area contributed by atoms with Crippen LogP contribution in [-0.2, 0) is 6.54 Å². The third-order valence-electron chi connectivity index (χ3n) is 4.54. The Morgan fingerprint density at radius 1 is 1.38 bits per heavy atom. The normalized spacial score (nSPS) is 18.3. The van der Waals surface area contributed by atoms with Crippen LogP contribution in [0.2, 0.25) is 0 Å². The van der Waals surface area contributed by atoms with Crippen LogP contribution in [0.5, 0.6) is 0 Å². The Balaban J connectivity index is 1.59. The van der Waals surface area contributed by atoms with Gasteiger partial charge in [0, 0.05) is 28.2 Å². The number of rotatable bonds is 4.